The highest BCUT2D eigenvalue weighted by atomic mass is 35.5. The van der Waals surface area contributed by atoms with Gasteiger partial charge in [0.05, 0.1) is 22.8 Å². The molecule has 1 saturated heterocycles. The first kappa shape index (κ1) is 23.7. The summed E-state index contributed by atoms with van der Waals surface area (Å²) in [5.41, 5.74) is 5.78. The number of carbonyl (C=O) groups excluding carboxylic acids is 1. The summed E-state index contributed by atoms with van der Waals surface area (Å²) in [6.07, 6.45) is 3.52. The third kappa shape index (κ3) is 4.52. The Morgan fingerprint density at radius 2 is 1.80 bits per heavy atom. The Labute approximate surface area is 214 Å². The molecule has 0 bridgehead atoms. The first-order valence-corrected chi connectivity index (χ1v) is 12.4. The van der Waals surface area contributed by atoms with Gasteiger partial charge in [0.25, 0.3) is 0 Å². The number of likely N-dealkylation sites (tertiary alicyclic amines) is 1. The Bertz CT molecular complexity index is 1400. The third-order valence-electron chi connectivity index (χ3n) is 6.84. The summed E-state index contributed by atoms with van der Waals surface area (Å²) < 4.78 is 0. The summed E-state index contributed by atoms with van der Waals surface area (Å²) in [6, 6.07) is 17.5. The fourth-order valence-corrected chi connectivity index (χ4v) is 5.70. The minimum Gasteiger partial charge on any atom is -0.392 e. The molecule has 2 aromatic heterocycles. The van der Waals surface area contributed by atoms with Crippen LogP contribution in [0.25, 0.3) is 33.3 Å². The van der Waals surface area contributed by atoms with Crippen LogP contribution in [0.5, 0.6) is 0 Å². The molecule has 5 rings (SSSR count). The minimum absolute atomic E-state index is 0.109. The van der Waals surface area contributed by atoms with E-state index in [1.54, 1.807) is 13.1 Å². The number of carbonyl (C=O) groups is 1. The van der Waals surface area contributed by atoms with Crippen LogP contribution in [0.4, 0.5) is 0 Å². The van der Waals surface area contributed by atoms with E-state index in [-0.39, 0.29) is 18.4 Å². The van der Waals surface area contributed by atoms with E-state index in [2.05, 4.69) is 9.97 Å². The summed E-state index contributed by atoms with van der Waals surface area (Å²) >= 11 is 13.4. The van der Waals surface area contributed by atoms with E-state index in [4.69, 9.17) is 23.2 Å². The van der Waals surface area contributed by atoms with Crippen LogP contribution in [0.1, 0.15) is 36.8 Å². The summed E-state index contributed by atoms with van der Waals surface area (Å²) in [6.45, 7) is 2.94. The predicted molar refractivity (Wildman–Crippen MR) is 141 cm³/mol. The minimum atomic E-state index is -0.120. The van der Waals surface area contributed by atoms with Gasteiger partial charge in [-0.1, -0.05) is 59.6 Å². The van der Waals surface area contributed by atoms with Gasteiger partial charge in [0.15, 0.2) is 0 Å². The van der Waals surface area contributed by atoms with Crippen LogP contribution in [0.2, 0.25) is 10.2 Å². The number of amides is 1. The number of hydrogen-bond acceptors (Lipinski definition) is 4. The highest BCUT2D eigenvalue weighted by Gasteiger charge is 2.25. The lowest BCUT2D eigenvalue weighted by Crippen LogP contribution is -2.36. The highest BCUT2D eigenvalue weighted by Crippen LogP contribution is 2.40. The third-order valence-corrected chi connectivity index (χ3v) is 7.51. The molecule has 3 heterocycles. The van der Waals surface area contributed by atoms with E-state index in [9.17, 15) is 9.90 Å². The number of pyridine rings is 2. The summed E-state index contributed by atoms with van der Waals surface area (Å²) in [5, 5.41) is 12.0. The Morgan fingerprint density at radius 1 is 1.06 bits per heavy atom. The van der Waals surface area contributed by atoms with Crippen LogP contribution < -0.4 is 0 Å². The monoisotopic (exact) mass is 505 g/mol. The molecule has 1 amide bonds. The van der Waals surface area contributed by atoms with Gasteiger partial charge in [-0.05, 0) is 48.1 Å². The lowest BCUT2D eigenvalue weighted by Gasteiger charge is -2.32. The molecule has 5 nitrogen and oxygen atoms in total. The molecular weight excluding hydrogens is 481 g/mol. The number of piperidine rings is 1. The predicted octanol–water partition coefficient (Wildman–Crippen LogP) is 6.49. The molecule has 0 radical (unpaired) electrons. The molecule has 1 aliphatic heterocycles. The number of aliphatic hydroxyl groups excluding tert-OH is 1. The molecule has 0 unspecified atom stereocenters. The Kier molecular flexibility index (Phi) is 6.74. The van der Waals surface area contributed by atoms with Crippen molar-refractivity contribution in [1.29, 1.82) is 0 Å². The Morgan fingerprint density at radius 3 is 2.49 bits per heavy atom. The fourth-order valence-electron chi connectivity index (χ4n) is 5.00. The van der Waals surface area contributed by atoms with Gasteiger partial charge in [0.1, 0.15) is 5.15 Å². The molecule has 35 heavy (non-hydrogen) atoms. The topological polar surface area (TPSA) is 66.3 Å². The van der Waals surface area contributed by atoms with Gasteiger partial charge in [0, 0.05) is 48.3 Å². The van der Waals surface area contributed by atoms with Crippen molar-refractivity contribution in [2.45, 2.75) is 32.3 Å². The molecule has 178 valence electrons. The van der Waals surface area contributed by atoms with Gasteiger partial charge >= 0.3 is 0 Å². The molecule has 0 saturated carbocycles. The summed E-state index contributed by atoms with van der Waals surface area (Å²) in [4.78, 5) is 22.8. The Balaban J connectivity index is 1.58. The smallest absolute Gasteiger partial charge is 0.219 e. The van der Waals surface area contributed by atoms with Gasteiger partial charge in [-0.2, -0.15) is 0 Å². The molecule has 0 aliphatic carbocycles. The van der Waals surface area contributed by atoms with E-state index < -0.39 is 0 Å². The standard InChI is InChI=1S/C28H25Cl2N3O2/c1-17(35)33-13-10-18(11-14-33)21-9-12-31-27(23(21)16-34)20-7-8-24-22(15-20)26(29)25(28(30)32-24)19-5-3-2-4-6-19/h2-9,12,15,18,34H,10-11,13-14,16H2,1H3. The molecule has 1 N–H and O–H groups in total. The van der Waals surface area contributed by atoms with Crippen LogP contribution in [0.15, 0.2) is 60.8 Å². The SMILES string of the molecule is CC(=O)N1CCC(c2ccnc(-c3ccc4nc(Cl)c(-c5ccccc5)c(Cl)c4c3)c2CO)CC1. The van der Waals surface area contributed by atoms with Crippen LogP contribution in [-0.2, 0) is 11.4 Å². The van der Waals surface area contributed by atoms with E-state index in [0.717, 1.165) is 59.3 Å². The van der Waals surface area contributed by atoms with Crippen molar-refractivity contribution in [3.8, 4) is 22.4 Å². The van der Waals surface area contributed by atoms with Crippen molar-refractivity contribution >= 4 is 40.0 Å². The molecule has 1 aliphatic rings. The van der Waals surface area contributed by atoms with Gasteiger partial charge in [0.2, 0.25) is 5.91 Å². The molecular formula is C28H25Cl2N3O2. The maximum Gasteiger partial charge on any atom is 0.219 e. The first-order valence-electron chi connectivity index (χ1n) is 11.7. The Hall–Kier alpha value is -2.99. The van der Waals surface area contributed by atoms with Crippen molar-refractivity contribution in [3.05, 3.63) is 82.1 Å². The van der Waals surface area contributed by atoms with Crippen molar-refractivity contribution in [2.24, 2.45) is 0 Å². The molecule has 0 spiro atoms. The highest BCUT2D eigenvalue weighted by molar-refractivity contribution is 6.42. The number of halogens is 2. The zero-order valence-electron chi connectivity index (χ0n) is 19.3. The number of aliphatic hydroxyl groups is 1. The van der Waals surface area contributed by atoms with Gasteiger partial charge in [-0.25, -0.2) is 4.98 Å². The van der Waals surface area contributed by atoms with Crippen LogP contribution >= 0.6 is 23.2 Å². The number of nitrogens with zero attached hydrogens (tertiary/aromatic N) is 3. The second-order valence-electron chi connectivity index (χ2n) is 8.86. The summed E-state index contributed by atoms with van der Waals surface area (Å²) in [7, 11) is 0. The van der Waals surface area contributed by atoms with Crippen LogP contribution in [-0.4, -0.2) is 39.0 Å². The van der Waals surface area contributed by atoms with E-state index in [1.165, 1.54) is 0 Å². The van der Waals surface area contributed by atoms with Gasteiger partial charge in [-0.3, -0.25) is 9.78 Å². The maximum atomic E-state index is 11.7. The second-order valence-corrected chi connectivity index (χ2v) is 9.59. The number of fused-ring (bicyclic) bond motifs is 1. The molecule has 2 aromatic carbocycles. The van der Waals surface area contributed by atoms with Crippen molar-refractivity contribution in [2.75, 3.05) is 13.1 Å². The van der Waals surface area contributed by atoms with E-state index >= 15 is 0 Å². The van der Waals surface area contributed by atoms with Gasteiger partial charge in [-0.15, -0.1) is 0 Å². The summed E-state index contributed by atoms with van der Waals surface area (Å²) in [5.74, 6) is 0.376. The number of aromatic nitrogens is 2. The van der Waals surface area contributed by atoms with Crippen molar-refractivity contribution in [1.82, 2.24) is 14.9 Å². The average Bonchev–Trinajstić information content (AvgIpc) is 2.89. The quantitative estimate of drug-likeness (QED) is 0.322. The maximum absolute atomic E-state index is 11.7. The van der Waals surface area contributed by atoms with Crippen LogP contribution in [0.3, 0.4) is 0 Å². The average molecular weight is 506 g/mol. The largest absolute Gasteiger partial charge is 0.392 e. The van der Waals surface area contributed by atoms with Crippen LogP contribution in [0, 0.1) is 0 Å². The van der Waals surface area contributed by atoms with Crippen molar-refractivity contribution < 1.29 is 9.90 Å². The number of hydrogen-bond donors (Lipinski definition) is 1. The zero-order chi connectivity index (χ0) is 24.5. The number of benzene rings is 2. The fraction of sp³-hybridized carbons (Fsp3) is 0.250. The molecule has 7 heteroatoms. The lowest BCUT2D eigenvalue weighted by molar-refractivity contribution is -0.129. The van der Waals surface area contributed by atoms with E-state index in [0.29, 0.717) is 21.3 Å². The molecule has 1 fully saturated rings. The molecule has 4 aromatic rings. The molecule has 0 atom stereocenters. The lowest BCUT2D eigenvalue weighted by atomic mass is 9.85. The first-order chi connectivity index (χ1) is 17.0. The van der Waals surface area contributed by atoms with Gasteiger partial charge < -0.3 is 10.0 Å². The second kappa shape index (κ2) is 9.94. The number of rotatable bonds is 4. The normalized spacial score (nSPS) is 14.5. The van der Waals surface area contributed by atoms with Crippen molar-refractivity contribution in [3.63, 3.8) is 0 Å². The van der Waals surface area contributed by atoms with E-state index in [1.807, 2.05) is 59.5 Å². The zero-order valence-corrected chi connectivity index (χ0v) is 20.9.